The van der Waals surface area contributed by atoms with Gasteiger partial charge in [-0.2, -0.15) is 0 Å². The van der Waals surface area contributed by atoms with E-state index in [1.54, 1.807) is 24.3 Å². The molecule has 2 fully saturated rings. The Balaban J connectivity index is 1.50. The Morgan fingerprint density at radius 2 is 1.80 bits per heavy atom. The van der Waals surface area contributed by atoms with Gasteiger partial charge in [-0.1, -0.05) is 6.07 Å². The molecule has 2 atom stereocenters. The summed E-state index contributed by atoms with van der Waals surface area (Å²) in [6.07, 6.45) is 0.763. The van der Waals surface area contributed by atoms with Crippen molar-refractivity contribution in [3.63, 3.8) is 0 Å². The van der Waals surface area contributed by atoms with Crippen molar-refractivity contribution >= 4 is 11.6 Å². The average Bonchev–Trinajstić information content (AvgIpc) is 3.23. The van der Waals surface area contributed by atoms with E-state index in [0.717, 1.165) is 0 Å². The standard InChI is InChI=1S/C20H23F4N5O/c21-19(22)7-4-13(5-8-19)16-6-9-20(23,24)11-17(16)18(30)26-14-2-1-3-15(10-14)29-12-25-27-28-29/h1-3,10,12-13,16-17H,4-9,11H2,(H,26,30). The van der Waals surface area contributed by atoms with Crippen LogP contribution in [0.15, 0.2) is 30.6 Å². The number of hydrogen-bond donors (Lipinski definition) is 1. The van der Waals surface area contributed by atoms with Crippen LogP contribution in [0.3, 0.4) is 0 Å². The van der Waals surface area contributed by atoms with Gasteiger partial charge in [0.2, 0.25) is 17.8 Å². The minimum absolute atomic E-state index is 0.135. The first-order valence-electron chi connectivity index (χ1n) is 10.1. The van der Waals surface area contributed by atoms with E-state index in [1.165, 1.54) is 11.0 Å². The third-order valence-electron chi connectivity index (χ3n) is 6.31. The monoisotopic (exact) mass is 425 g/mol. The summed E-state index contributed by atoms with van der Waals surface area (Å²) in [4.78, 5) is 13.0. The maximum atomic E-state index is 14.1. The Bertz CT molecular complexity index is 879. The zero-order valence-corrected chi connectivity index (χ0v) is 16.3. The van der Waals surface area contributed by atoms with Gasteiger partial charge in [-0.05, 0) is 59.7 Å². The molecule has 30 heavy (non-hydrogen) atoms. The van der Waals surface area contributed by atoms with Crippen molar-refractivity contribution in [1.82, 2.24) is 20.2 Å². The summed E-state index contributed by atoms with van der Waals surface area (Å²) >= 11 is 0. The summed E-state index contributed by atoms with van der Waals surface area (Å²) < 4.78 is 56.8. The van der Waals surface area contributed by atoms with Crippen molar-refractivity contribution in [1.29, 1.82) is 0 Å². The second-order valence-corrected chi connectivity index (χ2v) is 8.36. The first-order valence-corrected chi connectivity index (χ1v) is 10.1. The van der Waals surface area contributed by atoms with E-state index in [-0.39, 0.29) is 50.4 Å². The molecule has 0 spiro atoms. The lowest BCUT2D eigenvalue weighted by Crippen LogP contribution is -2.43. The van der Waals surface area contributed by atoms with Crippen molar-refractivity contribution in [2.45, 2.75) is 56.8 Å². The van der Waals surface area contributed by atoms with Crippen molar-refractivity contribution in [2.75, 3.05) is 5.32 Å². The Hall–Kier alpha value is -2.52. The smallest absolute Gasteiger partial charge is 0.248 e. The molecule has 1 aromatic heterocycles. The fraction of sp³-hybridized carbons (Fsp3) is 0.600. The molecule has 2 aliphatic rings. The van der Waals surface area contributed by atoms with Crippen LogP contribution in [0.5, 0.6) is 0 Å². The van der Waals surface area contributed by atoms with E-state index in [9.17, 15) is 22.4 Å². The molecule has 2 unspecified atom stereocenters. The maximum Gasteiger partial charge on any atom is 0.248 e. The van der Waals surface area contributed by atoms with Gasteiger partial charge >= 0.3 is 0 Å². The maximum absolute atomic E-state index is 14.1. The number of halogens is 4. The Morgan fingerprint density at radius 1 is 1.07 bits per heavy atom. The van der Waals surface area contributed by atoms with Gasteiger partial charge in [0.15, 0.2) is 0 Å². The topological polar surface area (TPSA) is 72.7 Å². The molecule has 0 aliphatic heterocycles. The van der Waals surface area contributed by atoms with Crippen LogP contribution in [0.2, 0.25) is 0 Å². The quantitative estimate of drug-likeness (QED) is 0.734. The molecule has 4 rings (SSSR count). The van der Waals surface area contributed by atoms with Crippen LogP contribution >= 0.6 is 0 Å². The van der Waals surface area contributed by atoms with Crippen LogP contribution in [0, 0.1) is 17.8 Å². The van der Waals surface area contributed by atoms with Crippen LogP contribution in [0.4, 0.5) is 23.2 Å². The summed E-state index contributed by atoms with van der Waals surface area (Å²) in [6.45, 7) is 0. The molecule has 1 amide bonds. The predicted molar refractivity (Wildman–Crippen MR) is 100 cm³/mol. The van der Waals surface area contributed by atoms with E-state index in [4.69, 9.17) is 0 Å². The van der Waals surface area contributed by atoms with E-state index < -0.39 is 30.1 Å². The zero-order valence-electron chi connectivity index (χ0n) is 16.3. The van der Waals surface area contributed by atoms with Crippen LogP contribution in [0.25, 0.3) is 5.69 Å². The van der Waals surface area contributed by atoms with Crippen molar-refractivity contribution < 1.29 is 22.4 Å². The number of alkyl halides is 4. The molecule has 1 aromatic carbocycles. The highest BCUT2D eigenvalue weighted by Gasteiger charge is 2.48. The summed E-state index contributed by atoms with van der Waals surface area (Å²) in [5.41, 5.74) is 1.05. The molecule has 6 nitrogen and oxygen atoms in total. The zero-order chi connectivity index (χ0) is 21.4. The molecule has 2 saturated carbocycles. The number of carbonyl (C=O) groups is 1. The second kappa shape index (κ2) is 7.96. The summed E-state index contributed by atoms with van der Waals surface area (Å²) in [6, 6.07) is 6.74. The van der Waals surface area contributed by atoms with Crippen LogP contribution in [-0.4, -0.2) is 38.0 Å². The highest BCUT2D eigenvalue weighted by Crippen LogP contribution is 2.49. The third-order valence-corrected chi connectivity index (χ3v) is 6.31. The number of nitrogens with one attached hydrogen (secondary N) is 1. The number of hydrogen-bond acceptors (Lipinski definition) is 4. The molecule has 0 saturated heterocycles. The van der Waals surface area contributed by atoms with E-state index in [1.807, 2.05) is 0 Å². The van der Waals surface area contributed by atoms with Gasteiger partial charge in [-0.25, -0.2) is 22.2 Å². The highest BCUT2D eigenvalue weighted by atomic mass is 19.3. The number of carbonyl (C=O) groups excluding carboxylic acids is 1. The fourth-order valence-electron chi connectivity index (χ4n) is 4.74. The minimum atomic E-state index is -2.93. The second-order valence-electron chi connectivity index (χ2n) is 8.36. The number of nitrogens with zero attached hydrogens (tertiary/aromatic N) is 4. The Morgan fingerprint density at radius 3 is 2.50 bits per heavy atom. The Kier molecular flexibility index (Phi) is 5.50. The third kappa shape index (κ3) is 4.62. The van der Waals surface area contributed by atoms with Gasteiger partial charge in [-0.3, -0.25) is 4.79 Å². The molecule has 162 valence electrons. The fourth-order valence-corrected chi connectivity index (χ4v) is 4.74. The molecular formula is C20H23F4N5O. The normalized spacial score (nSPS) is 26.3. The number of tetrazole rings is 1. The van der Waals surface area contributed by atoms with E-state index >= 15 is 0 Å². The number of benzene rings is 1. The lowest BCUT2D eigenvalue weighted by Gasteiger charge is -2.42. The van der Waals surface area contributed by atoms with E-state index in [2.05, 4.69) is 20.8 Å². The summed E-state index contributed by atoms with van der Waals surface area (Å²) in [5, 5.41) is 13.6. The van der Waals surface area contributed by atoms with Crippen molar-refractivity contribution in [3.8, 4) is 5.69 Å². The van der Waals surface area contributed by atoms with Gasteiger partial charge in [0.1, 0.15) is 6.33 Å². The highest BCUT2D eigenvalue weighted by molar-refractivity contribution is 5.93. The van der Waals surface area contributed by atoms with Crippen molar-refractivity contribution in [2.24, 2.45) is 17.8 Å². The van der Waals surface area contributed by atoms with Crippen LogP contribution in [-0.2, 0) is 4.79 Å². The summed E-state index contributed by atoms with van der Waals surface area (Å²) in [7, 11) is 0. The number of rotatable bonds is 4. The molecule has 0 bridgehead atoms. The molecule has 1 N–H and O–H groups in total. The lowest BCUT2D eigenvalue weighted by molar-refractivity contribution is -0.136. The SMILES string of the molecule is O=C(Nc1cccc(-n2cnnn2)c1)C1CC(F)(F)CCC1C1CCC(F)(F)CC1. The molecule has 0 radical (unpaired) electrons. The number of aromatic nitrogens is 4. The first kappa shape index (κ1) is 20.7. The molecule has 1 heterocycles. The van der Waals surface area contributed by atoms with Gasteiger partial charge in [0.05, 0.1) is 5.69 Å². The average molecular weight is 425 g/mol. The van der Waals surface area contributed by atoms with Crippen molar-refractivity contribution in [3.05, 3.63) is 30.6 Å². The minimum Gasteiger partial charge on any atom is -0.326 e. The molecular weight excluding hydrogens is 402 g/mol. The Labute approximate surface area is 171 Å². The molecule has 2 aliphatic carbocycles. The number of anilines is 1. The van der Waals surface area contributed by atoms with Gasteiger partial charge in [0.25, 0.3) is 0 Å². The molecule has 10 heteroatoms. The largest absolute Gasteiger partial charge is 0.326 e. The lowest BCUT2D eigenvalue weighted by atomic mass is 9.66. The molecule has 2 aromatic rings. The van der Waals surface area contributed by atoms with Crippen LogP contribution < -0.4 is 5.32 Å². The number of amides is 1. The van der Waals surface area contributed by atoms with Crippen LogP contribution in [0.1, 0.15) is 44.9 Å². The van der Waals surface area contributed by atoms with Gasteiger partial charge in [0, 0.05) is 37.3 Å². The van der Waals surface area contributed by atoms with Gasteiger partial charge < -0.3 is 5.32 Å². The first-order chi connectivity index (χ1) is 14.2. The van der Waals surface area contributed by atoms with E-state index in [0.29, 0.717) is 11.4 Å². The van der Waals surface area contributed by atoms with Gasteiger partial charge in [-0.15, -0.1) is 5.10 Å². The predicted octanol–water partition coefficient (Wildman–Crippen LogP) is 4.48. The summed E-state index contributed by atoms with van der Waals surface area (Å²) in [5.74, 6) is -7.48.